The topological polar surface area (TPSA) is 29.5 Å². The maximum atomic E-state index is 9.26. The van der Waals surface area contributed by atoms with Crippen LogP contribution >= 0.6 is 0 Å². The molecule has 2 nitrogen and oxygen atoms in total. The molecule has 2 aromatic rings. The molecule has 4 rings (SSSR count). The van der Waals surface area contributed by atoms with Crippen molar-refractivity contribution in [3.8, 4) is 0 Å². The maximum absolute atomic E-state index is 9.26. The molecule has 0 aromatic heterocycles. The highest BCUT2D eigenvalue weighted by Crippen LogP contribution is 2.60. The van der Waals surface area contributed by atoms with E-state index >= 15 is 0 Å². The summed E-state index contributed by atoms with van der Waals surface area (Å²) >= 11 is 0. The van der Waals surface area contributed by atoms with E-state index in [1.54, 1.807) is 0 Å². The molecule has 2 unspecified atom stereocenters. The van der Waals surface area contributed by atoms with Gasteiger partial charge in [0.2, 0.25) is 0 Å². The summed E-state index contributed by atoms with van der Waals surface area (Å²) < 4.78 is 7.24. The molecule has 2 aromatic carbocycles. The molecule has 0 amide bonds. The van der Waals surface area contributed by atoms with E-state index in [0.29, 0.717) is 12.7 Å². The molecule has 2 atom stereocenters. The summed E-state index contributed by atoms with van der Waals surface area (Å²) in [6.07, 6.45) is 3.65. The summed E-state index contributed by atoms with van der Waals surface area (Å²) in [4.78, 5) is 0. The van der Waals surface area contributed by atoms with Crippen molar-refractivity contribution < 1.29 is 9.53 Å². The molecule has 0 bridgehead atoms. The Balaban J connectivity index is 1.69. The van der Waals surface area contributed by atoms with Gasteiger partial charge in [0.15, 0.2) is 0 Å². The number of fused-ring (bicyclic) bond motifs is 1. The van der Waals surface area contributed by atoms with Crippen LogP contribution in [-0.2, 0) is 4.43 Å². The lowest BCUT2D eigenvalue weighted by molar-refractivity contribution is 0.168. The first-order valence-corrected chi connectivity index (χ1v) is 12.3. The van der Waals surface area contributed by atoms with E-state index in [9.17, 15) is 5.11 Å². The summed E-state index contributed by atoms with van der Waals surface area (Å²) in [5.41, 5.74) is 0. The van der Waals surface area contributed by atoms with E-state index in [4.69, 9.17) is 4.43 Å². The van der Waals surface area contributed by atoms with Crippen molar-refractivity contribution in [1.29, 1.82) is 0 Å². The summed E-state index contributed by atoms with van der Waals surface area (Å²) in [6.45, 7) is 7.38. The minimum Gasteiger partial charge on any atom is -0.404 e. The fraction of sp³-hybridized carbons (Fsp3) is 0.500. The fourth-order valence-electron chi connectivity index (χ4n) is 5.54. The first-order valence-electron chi connectivity index (χ1n) is 10.4. The van der Waals surface area contributed by atoms with Crippen molar-refractivity contribution in [2.75, 3.05) is 6.61 Å². The van der Waals surface area contributed by atoms with Crippen molar-refractivity contribution in [3.05, 3.63) is 60.7 Å². The minimum atomic E-state index is -2.41. The maximum Gasteiger partial charge on any atom is 0.261 e. The number of hydrogen-bond donors (Lipinski definition) is 1. The average Bonchev–Trinajstić information content (AvgIpc) is 3.11. The van der Waals surface area contributed by atoms with Crippen LogP contribution in [-0.4, -0.2) is 26.1 Å². The number of aliphatic hydroxyl groups is 1. The third-order valence-corrected chi connectivity index (χ3v) is 11.9. The molecule has 0 aliphatic heterocycles. The van der Waals surface area contributed by atoms with Crippen molar-refractivity contribution in [3.63, 3.8) is 0 Å². The summed E-state index contributed by atoms with van der Waals surface area (Å²) in [5.74, 6) is 2.30. The first kappa shape index (κ1) is 18.9. The molecule has 2 fully saturated rings. The number of benzene rings is 2. The molecule has 2 aliphatic carbocycles. The number of aliphatic hydroxyl groups excluding tert-OH is 1. The highest BCUT2D eigenvalue weighted by atomic mass is 28.4. The van der Waals surface area contributed by atoms with Gasteiger partial charge in [-0.05, 0) is 52.4 Å². The van der Waals surface area contributed by atoms with Crippen molar-refractivity contribution >= 4 is 18.7 Å². The lowest BCUT2D eigenvalue weighted by Crippen LogP contribution is -2.67. The van der Waals surface area contributed by atoms with Crippen LogP contribution in [0, 0.1) is 17.8 Å². The summed E-state index contributed by atoms with van der Waals surface area (Å²) in [7, 11) is -2.41. The third-order valence-electron chi connectivity index (χ3n) is 6.80. The van der Waals surface area contributed by atoms with Gasteiger partial charge in [-0.15, -0.1) is 0 Å². The zero-order valence-electron chi connectivity index (χ0n) is 16.8. The van der Waals surface area contributed by atoms with E-state index in [1.807, 2.05) is 0 Å². The normalized spacial score (nSPS) is 27.4. The van der Waals surface area contributed by atoms with Crippen molar-refractivity contribution in [1.82, 2.24) is 0 Å². The molecule has 144 valence electrons. The number of rotatable bonds is 6. The molecule has 2 aliphatic rings. The Morgan fingerprint density at radius 3 is 1.78 bits per heavy atom. The van der Waals surface area contributed by atoms with Crippen molar-refractivity contribution in [2.45, 2.75) is 51.2 Å². The highest BCUT2D eigenvalue weighted by Gasteiger charge is 2.58. The van der Waals surface area contributed by atoms with E-state index in [2.05, 4.69) is 81.4 Å². The Bertz CT molecular complexity index is 701. The Kier molecular flexibility index (Phi) is 5.04. The minimum absolute atomic E-state index is 0.0486. The quantitative estimate of drug-likeness (QED) is 0.769. The molecular formula is C24H32O2Si. The van der Waals surface area contributed by atoms with Crippen molar-refractivity contribution in [2.24, 2.45) is 17.8 Å². The van der Waals surface area contributed by atoms with E-state index < -0.39 is 8.32 Å². The molecule has 27 heavy (non-hydrogen) atoms. The Morgan fingerprint density at radius 2 is 1.37 bits per heavy atom. The molecule has 1 N–H and O–H groups in total. The van der Waals surface area contributed by atoms with Gasteiger partial charge < -0.3 is 9.53 Å². The zero-order valence-corrected chi connectivity index (χ0v) is 17.8. The largest absolute Gasteiger partial charge is 0.404 e. The lowest BCUT2D eigenvalue weighted by atomic mass is 10.1. The van der Waals surface area contributed by atoms with Gasteiger partial charge >= 0.3 is 0 Å². The third kappa shape index (κ3) is 3.30. The van der Waals surface area contributed by atoms with Crippen LogP contribution in [0.15, 0.2) is 60.7 Å². The predicted octanol–water partition coefficient (Wildman–Crippen LogP) is 3.97. The second kappa shape index (κ2) is 7.19. The lowest BCUT2D eigenvalue weighted by Gasteiger charge is -2.45. The molecular weight excluding hydrogens is 348 g/mol. The molecule has 0 spiro atoms. The monoisotopic (exact) mass is 380 g/mol. The standard InChI is InChI=1S/C24H32O2Si/c1-24(2,3)27(19-10-6-4-7-11-19,20-12-8-5-9-13-20)26-18-16-22-21(14-15-25)23(22)17-18/h4-13,18,21-23,25H,14-17H2,1-3H3. The second-order valence-corrected chi connectivity index (χ2v) is 13.6. The van der Waals surface area contributed by atoms with Gasteiger partial charge in [-0.25, -0.2) is 0 Å². The van der Waals surface area contributed by atoms with Crippen LogP contribution < -0.4 is 10.4 Å². The van der Waals surface area contributed by atoms with Crippen LogP contribution in [0.2, 0.25) is 5.04 Å². The highest BCUT2D eigenvalue weighted by molar-refractivity contribution is 6.99. The van der Waals surface area contributed by atoms with Crippen LogP contribution in [0.25, 0.3) is 0 Å². The molecule has 2 saturated carbocycles. The summed E-state index contributed by atoms with van der Waals surface area (Å²) in [5, 5.41) is 12.1. The number of hydrogen-bond acceptors (Lipinski definition) is 2. The smallest absolute Gasteiger partial charge is 0.261 e. The molecule has 0 saturated heterocycles. The van der Waals surface area contributed by atoms with Gasteiger partial charge in [0, 0.05) is 12.7 Å². The molecule has 3 heteroatoms. The van der Waals surface area contributed by atoms with Crippen LogP contribution in [0.3, 0.4) is 0 Å². The van der Waals surface area contributed by atoms with Crippen LogP contribution in [0.4, 0.5) is 0 Å². The van der Waals surface area contributed by atoms with E-state index in [0.717, 1.165) is 24.2 Å². The van der Waals surface area contributed by atoms with E-state index in [1.165, 1.54) is 23.2 Å². The van der Waals surface area contributed by atoms with E-state index in [-0.39, 0.29) is 5.04 Å². The first-order chi connectivity index (χ1) is 13.0. The second-order valence-electron chi connectivity index (χ2n) is 9.38. The average molecular weight is 381 g/mol. The molecule has 0 radical (unpaired) electrons. The van der Waals surface area contributed by atoms with Gasteiger partial charge in [-0.1, -0.05) is 81.4 Å². The Labute approximate surface area is 164 Å². The van der Waals surface area contributed by atoms with Crippen LogP contribution in [0.5, 0.6) is 0 Å². The fourth-order valence-corrected chi connectivity index (χ4v) is 10.2. The Hall–Kier alpha value is -1.42. The summed E-state index contributed by atoms with van der Waals surface area (Å²) in [6, 6.07) is 21.9. The van der Waals surface area contributed by atoms with Gasteiger partial charge in [0.25, 0.3) is 8.32 Å². The predicted molar refractivity (Wildman–Crippen MR) is 114 cm³/mol. The van der Waals surface area contributed by atoms with Gasteiger partial charge in [-0.2, -0.15) is 0 Å². The Morgan fingerprint density at radius 1 is 0.889 bits per heavy atom. The molecule has 0 heterocycles. The SMILES string of the molecule is CC(C)(C)[Si](OC1CC2C(CCO)C2C1)(c1ccccc1)c1ccccc1. The zero-order chi connectivity index (χ0) is 19.1. The van der Waals surface area contributed by atoms with Gasteiger partial charge in [-0.3, -0.25) is 0 Å². The van der Waals surface area contributed by atoms with Gasteiger partial charge in [0.1, 0.15) is 0 Å². The van der Waals surface area contributed by atoms with Crippen LogP contribution in [0.1, 0.15) is 40.0 Å². The van der Waals surface area contributed by atoms with Gasteiger partial charge in [0.05, 0.1) is 0 Å².